The minimum absolute atomic E-state index is 0.105. The Morgan fingerprint density at radius 1 is 1.10 bits per heavy atom. The lowest BCUT2D eigenvalue weighted by Gasteiger charge is -2.31. The van der Waals surface area contributed by atoms with Gasteiger partial charge in [0.05, 0.1) is 5.75 Å². The summed E-state index contributed by atoms with van der Waals surface area (Å²) in [4.78, 5) is 28.8. The van der Waals surface area contributed by atoms with E-state index < -0.39 is 6.04 Å². The predicted octanol–water partition coefficient (Wildman–Crippen LogP) is 5.95. The van der Waals surface area contributed by atoms with Gasteiger partial charge in [0.1, 0.15) is 6.04 Å². The number of nitrogens with one attached hydrogen (secondary N) is 1. The maximum Gasteiger partial charge on any atom is 0.242 e. The Kier molecular flexibility index (Phi) is 9.12. The second-order valence-electron chi connectivity index (χ2n) is 7.88. The number of benzene rings is 2. The molecule has 0 aliphatic heterocycles. The van der Waals surface area contributed by atoms with Crippen LogP contribution in [-0.2, 0) is 16.1 Å². The van der Waals surface area contributed by atoms with Crippen LogP contribution < -0.4 is 5.32 Å². The molecular weight excluding hydrogens is 451 g/mol. The smallest absolute Gasteiger partial charge is 0.242 e. The number of amides is 2. The number of nitrogens with zero attached hydrogens (tertiary/aromatic N) is 1. The number of hydrogen-bond donors (Lipinski definition) is 1. The lowest BCUT2D eigenvalue weighted by atomic mass is 9.95. The van der Waals surface area contributed by atoms with Crippen LogP contribution in [0.5, 0.6) is 0 Å². The number of carbonyl (C=O) groups is 2. The molecule has 0 unspecified atom stereocenters. The molecule has 166 valence electrons. The summed E-state index contributed by atoms with van der Waals surface area (Å²) < 4.78 is 0. The third kappa shape index (κ3) is 7.16. The summed E-state index contributed by atoms with van der Waals surface area (Å²) in [6.45, 7) is 2.04. The lowest BCUT2D eigenvalue weighted by Crippen LogP contribution is -2.50. The van der Waals surface area contributed by atoms with Crippen molar-refractivity contribution in [2.24, 2.45) is 0 Å². The molecule has 1 saturated carbocycles. The number of thioether (sulfide) groups is 1. The topological polar surface area (TPSA) is 49.4 Å². The van der Waals surface area contributed by atoms with Crippen molar-refractivity contribution < 1.29 is 9.59 Å². The molecule has 4 nitrogen and oxygen atoms in total. The van der Waals surface area contributed by atoms with Crippen molar-refractivity contribution in [3.63, 3.8) is 0 Å². The largest absolute Gasteiger partial charge is 0.352 e. The summed E-state index contributed by atoms with van der Waals surface area (Å²) in [6.07, 6.45) is 5.49. The Morgan fingerprint density at radius 2 is 1.81 bits per heavy atom. The molecule has 3 rings (SSSR count). The number of carbonyl (C=O) groups excluding carboxylic acids is 2. The standard InChI is InChI=1S/C24H28Cl2N2O2S/c1-17(24(30)27-20-8-4-2-5-9-20)28(15-18-12-13-19(25)14-22(18)26)23(29)16-31-21-10-6-3-7-11-21/h3,6-7,10-14,17,20H,2,4-5,8-9,15-16H2,1H3,(H,27,30)/t17-/m0/s1. The normalized spacial score (nSPS) is 15.3. The molecule has 0 radical (unpaired) electrons. The van der Waals surface area contributed by atoms with E-state index in [-0.39, 0.29) is 30.2 Å². The van der Waals surface area contributed by atoms with Gasteiger partial charge in [-0.2, -0.15) is 0 Å². The minimum Gasteiger partial charge on any atom is -0.352 e. The number of rotatable bonds is 8. The maximum atomic E-state index is 13.2. The van der Waals surface area contributed by atoms with Crippen molar-refractivity contribution in [3.05, 3.63) is 64.1 Å². The third-order valence-electron chi connectivity index (χ3n) is 5.58. The fourth-order valence-corrected chi connectivity index (χ4v) is 5.00. The average Bonchev–Trinajstić information content (AvgIpc) is 2.78. The van der Waals surface area contributed by atoms with E-state index in [9.17, 15) is 9.59 Å². The molecule has 0 heterocycles. The Morgan fingerprint density at radius 3 is 2.48 bits per heavy atom. The van der Waals surface area contributed by atoms with Gasteiger partial charge in [-0.3, -0.25) is 9.59 Å². The molecule has 0 spiro atoms. The highest BCUT2D eigenvalue weighted by atomic mass is 35.5. The van der Waals surface area contributed by atoms with Gasteiger partial charge in [0.15, 0.2) is 0 Å². The number of halogens is 2. The van der Waals surface area contributed by atoms with Crippen molar-refractivity contribution in [3.8, 4) is 0 Å². The molecule has 1 N–H and O–H groups in total. The zero-order chi connectivity index (χ0) is 22.2. The molecule has 7 heteroatoms. The maximum absolute atomic E-state index is 13.2. The van der Waals surface area contributed by atoms with Crippen LogP contribution >= 0.6 is 35.0 Å². The summed E-state index contributed by atoms with van der Waals surface area (Å²) in [5.41, 5.74) is 0.765. The Labute approximate surface area is 198 Å². The van der Waals surface area contributed by atoms with Crippen molar-refractivity contribution in [2.45, 2.75) is 62.6 Å². The summed E-state index contributed by atoms with van der Waals surface area (Å²) in [5.74, 6) is 0.0252. The zero-order valence-electron chi connectivity index (χ0n) is 17.7. The van der Waals surface area contributed by atoms with E-state index >= 15 is 0 Å². The fraction of sp³-hybridized carbons (Fsp3) is 0.417. The van der Waals surface area contributed by atoms with Gasteiger partial charge < -0.3 is 10.2 Å². The van der Waals surface area contributed by atoms with Gasteiger partial charge in [-0.05, 0) is 49.6 Å². The minimum atomic E-state index is -0.599. The van der Waals surface area contributed by atoms with Crippen LogP contribution in [0, 0.1) is 0 Å². The highest BCUT2D eigenvalue weighted by molar-refractivity contribution is 8.00. The van der Waals surface area contributed by atoms with E-state index in [0.717, 1.165) is 36.1 Å². The molecule has 0 bridgehead atoms. The molecule has 1 fully saturated rings. The third-order valence-corrected chi connectivity index (χ3v) is 7.16. The second kappa shape index (κ2) is 11.8. The van der Waals surface area contributed by atoms with Gasteiger partial charge in [0, 0.05) is 27.5 Å². The van der Waals surface area contributed by atoms with E-state index in [4.69, 9.17) is 23.2 Å². The summed E-state index contributed by atoms with van der Waals surface area (Å²) in [6, 6.07) is 14.6. The van der Waals surface area contributed by atoms with E-state index in [0.29, 0.717) is 10.0 Å². The van der Waals surface area contributed by atoms with Gasteiger partial charge in [-0.1, -0.05) is 66.7 Å². The van der Waals surface area contributed by atoms with Gasteiger partial charge in [-0.15, -0.1) is 11.8 Å². The van der Waals surface area contributed by atoms with E-state index in [1.165, 1.54) is 18.2 Å². The van der Waals surface area contributed by atoms with Crippen LogP contribution in [-0.4, -0.2) is 34.6 Å². The van der Waals surface area contributed by atoms with Crippen LogP contribution in [0.4, 0.5) is 0 Å². The van der Waals surface area contributed by atoms with Crippen molar-refractivity contribution in [1.82, 2.24) is 10.2 Å². The number of hydrogen-bond acceptors (Lipinski definition) is 3. The molecule has 0 saturated heterocycles. The molecule has 2 aromatic rings. The second-order valence-corrected chi connectivity index (χ2v) is 9.77. The Bertz CT molecular complexity index is 888. The SMILES string of the molecule is C[C@@H](C(=O)NC1CCCCC1)N(Cc1ccc(Cl)cc1Cl)C(=O)CSc1ccccc1. The molecule has 1 aliphatic rings. The van der Waals surface area contributed by atoms with E-state index in [1.807, 2.05) is 30.3 Å². The first kappa shape index (κ1) is 24.0. The Hall–Kier alpha value is -1.69. The van der Waals surface area contributed by atoms with Gasteiger partial charge in [0.2, 0.25) is 11.8 Å². The highest BCUT2D eigenvalue weighted by Gasteiger charge is 2.28. The average molecular weight is 479 g/mol. The first-order chi connectivity index (χ1) is 14.9. The molecule has 1 atom stereocenters. The van der Waals surface area contributed by atoms with Gasteiger partial charge >= 0.3 is 0 Å². The van der Waals surface area contributed by atoms with Crippen LogP contribution in [0.1, 0.15) is 44.6 Å². The fourth-order valence-electron chi connectivity index (χ4n) is 3.73. The highest BCUT2D eigenvalue weighted by Crippen LogP contribution is 2.25. The quantitative estimate of drug-likeness (QED) is 0.476. The molecule has 1 aliphatic carbocycles. The molecule has 2 amide bonds. The summed E-state index contributed by atoms with van der Waals surface area (Å²) in [5, 5.41) is 4.17. The monoisotopic (exact) mass is 478 g/mol. The van der Waals surface area contributed by atoms with Crippen LogP contribution in [0.15, 0.2) is 53.4 Å². The molecular formula is C24H28Cl2N2O2S. The van der Waals surface area contributed by atoms with Crippen molar-refractivity contribution in [1.29, 1.82) is 0 Å². The lowest BCUT2D eigenvalue weighted by molar-refractivity contribution is -0.139. The van der Waals surface area contributed by atoms with Crippen molar-refractivity contribution in [2.75, 3.05) is 5.75 Å². The van der Waals surface area contributed by atoms with Crippen LogP contribution in [0.2, 0.25) is 10.0 Å². The Balaban J connectivity index is 1.73. The van der Waals surface area contributed by atoms with Crippen LogP contribution in [0.25, 0.3) is 0 Å². The predicted molar refractivity (Wildman–Crippen MR) is 129 cm³/mol. The molecule has 31 heavy (non-hydrogen) atoms. The van der Waals surface area contributed by atoms with E-state index in [2.05, 4.69) is 5.32 Å². The van der Waals surface area contributed by atoms with Gasteiger partial charge in [0.25, 0.3) is 0 Å². The van der Waals surface area contributed by atoms with E-state index in [1.54, 1.807) is 30.0 Å². The summed E-state index contributed by atoms with van der Waals surface area (Å²) >= 11 is 13.8. The molecule has 2 aromatic carbocycles. The molecule has 0 aromatic heterocycles. The van der Waals surface area contributed by atoms with Gasteiger partial charge in [-0.25, -0.2) is 0 Å². The van der Waals surface area contributed by atoms with Crippen LogP contribution in [0.3, 0.4) is 0 Å². The first-order valence-electron chi connectivity index (χ1n) is 10.7. The summed E-state index contributed by atoms with van der Waals surface area (Å²) in [7, 11) is 0. The first-order valence-corrected chi connectivity index (χ1v) is 12.4. The zero-order valence-corrected chi connectivity index (χ0v) is 20.0. The van der Waals surface area contributed by atoms with Crippen molar-refractivity contribution >= 4 is 46.8 Å².